The predicted octanol–water partition coefficient (Wildman–Crippen LogP) is 1.89. The van der Waals surface area contributed by atoms with Crippen molar-refractivity contribution in [2.24, 2.45) is 0 Å². The molecule has 0 amide bonds. The molecule has 1 rings (SSSR count). The molecule has 0 radical (unpaired) electrons. The molecular weight excluding hydrogens is 188 g/mol. The standard InChI is InChI=1S/C9H7ClN2O/c1-6(13)7-2-8(4-10)12-9(3-7)5-11/h2-3H,4H2,1H3. The number of carbonyl (C=O) groups excluding carboxylic acids is 1. The van der Waals surface area contributed by atoms with Crippen LogP contribution < -0.4 is 0 Å². The summed E-state index contributed by atoms with van der Waals surface area (Å²) in [4.78, 5) is 14.9. The van der Waals surface area contributed by atoms with Crippen molar-refractivity contribution < 1.29 is 4.79 Å². The van der Waals surface area contributed by atoms with Gasteiger partial charge in [-0.15, -0.1) is 11.6 Å². The second-order valence-electron chi connectivity index (χ2n) is 2.53. The Morgan fingerprint density at radius 3 is 2.85 bits per heavy atom. The quantitative estimate of drug-likeness (QED) is 0.534. The van der Waals surface area contributed by atoms with Gasteiger partial charge in [0.15, 0.2) is 5.78 Å². The van der Waals surface area contributed by atoms with Gasteiger partial charge in [-0.3, -0.25) is 4.79 Å². The van der Waals surface area contributed by atoms with Gasteiger partial charge in [-0.05, 0) is 19.1 Å². The lowest BCUT2D eigenvalue weighted by Crippen LogP contribution is -1.98. The molecule has 4 heteroatoms. The monoisotopic (exact) mass is 194 g/mol. The molecule has 0 N–H and O–H groups in total. The molecule has 1 aromatic rings. The minimum atomic E-state index is -0.0923. The normalized spacial score (nSPS) is 9.31. The first-order valence-corrected chi connectivity index (χ1v) is 4.18. The SMILES string of the molecule is CC(=O)c1cc(C#N)nc(CCl)c1. The molecular formula is C9H7ClN2O. The van der Waals surface area contributed by atoms with Crippen molar-refractivity contribution in [1.82, 2.24) is 4.98 Å². The van der Waals surface area contributed by atoms with Crippen LogP contribution >= 0.6 is 11.6 Å². The number of ketones is 1. The van der Waals surface area contributed by atoms with Crippen molar-refractivity contribution in [2.75, 3.05) is 0 Å². The van der Waals surface area contributed by atoms with Gasteiger partial charge in [0, 0.05) is 5.56 Å². The second kappa shape index (κ2) is 4.01. The van der Waals surface area contributed by atoms with E-state index in [9.17, 15) is 4.79 Å². The van der Waals surface area contributed by atoms with E-state index in [4.69, 9.17) is 16.9 Å². The lowest BCUT2D eigenvalue weighted by molar-refractivity contribution is 0.101. The van der Waals surface area contributed by atoms with E-state index < -0.39 is 0 Å². The lowest BCUT2D eigenvalue weighted by atomic mass is 10.1. The molecule has 0 aliphatic heterocycles. The van der Waals surface area contributed by atoms with Crippen LogP contribution in [0.1, 0.15) is 28.7 Å². The van der Waals surface area contributed by atoms with E-state index in [1.807, 2.05) is 6.07 Å². The number of aromatic nitrogens is 1. The van der Waals surface area contributed by atoms with E-state index in [2.05, 4.69) is 4.98 Å². The molecule has 0 unspecified atom stereocenters. The minimum Gasteiger partial charge on any atom is -0.295 e. The highest BCUT2D eigenvalue weighted by Crippen LogP contribution is 2.08. The topological polar surface area (TPSA) is 53.8 Å². The number of hydrogen-bond acceptors (Lipinski definition) is 3. The predicted molar refractivity (Wildman–Crippen MR) is 48.5 cm³/mol. The van der Waals surface area contributed by atoms with Crippen LogP contribution in [-0.4, -0.2) is 10.8 Å². The number of halogens is 1. The van der Waals surface area contributed by atoms with Gasteiger partial charge < -0.3 is 0 Å². The van der Waals surface area contributed by atoms with Gasteiger partial charge in [0.05, 0.1) is 11.6 Å². The average Bonchev–Trinajstić information content (AvgIpc) is 2.16. The van der Waals surface area contributed by atoms with Crippen LogP contribution in [0.25, 0.3) is 0 Å². The summed E-state index contributed by atoms with van der Waals surface area (Å²) < 4.78 is 0. The molecule has 66 valence electrons. The first-order chi connectivity index (χ1) is 6.17. The maximum Gasteiger partial charge on any atom is 0.159 e. The summed E-state index contributed by atoms with van der Waals surface area (Å²) in [6.45, 7) is 1.44. The van der Waals surface area contributed by atoms with Crippen LogP contribution in [0.4, 0.5) is 0 Å². The molecule has 0 saturated carbocycles. The summed E-state index contributed by atoms with van der Waals surface area (Å²) in [5, 5.41) is 8.60. The van der Waals surface area contributed by atoms with E-state index in [0.29, 0.717) is 11.3 Å². The Labute approximate surface area is 81.0 Å². The fourth-order valence-electron chi connectivity index (χ4n) is 0.917. The van der Waals surface area contributed by atoms with Crippen LogP contribution in [0.2, 0.25) is 0 Å². The number of hydrogen-bond donors (Lipinski definition) is 0. The third kappa shape index (κ3) is 2.27. The molecule has 1 aromatic heterocycles. The summed E-state index contributed by atoms with van der Waals surface area (Å²) in [6, 6.07) is 4.93. The van der Waals surface area contributed by atoms with Gasteiger partial charge in [-0.2, -0.15) is 5.26 Å². The van der Waals surface area contributed by atoms with Crippen LogP contribution in [0.15, 0.2) is 12.1 Å². The van der Waals surface area contributed by atoms with Crippen molar-refractivity contribution in [3.05, 3.63) is 29.1 Å². The molecule has 0 saturated heterocycles. The Kier molecular flexibility index (Phi) is 2.99. The first-order valence-electron chi connectivity index (χ1n) is 3.65. The molecule has 0 aliphatic rings. The van der Waals surface area contributed by atoms with Crippen LogP contribution in [0.3, 0.4) is 0 Å². The molecule has 0 atom stereocenters. The van der Waals surface area contributed by atoms with Crippen molar-refractivity contribution in [3.8, 4) is 6.07 Å². The summed E-state index contributed by atoms with van der Waals surface area (Å²) in [6.07, 6.45) is 0. The number of carbonyl (C=O) groups is 1. The molecule has 0 aromatic carbocycles. The van der Waals surface area contributed by atoms with E-state index in [1.165, 1.54) is 13.0 Å². The molecule has 1 heterocycles. The highest BCUT2D eigenvalue weighted by atomic mass is 35.5. The highest BCUT2D eigenvalue weighted by molar-refractivity contribution is 6.17. The third-order valence-corrected chi connectivity index (χ3v) is 1.81. The van der Waals surface area contributed by atoms with Crippen molar-refractivity contribution in [2.45, 2.75) is 12.8 Å². The summed E-state index contributed by atoms with van der Waals surface area (Å²) >= 11 is 5.55. The number of rotatable bonds is 2. The van der Waals surface area contributed by atoms with Crippen molar-refractivity contribution in [1.29, 1.82) is 5.26 Å². The van der Waals surface area contributed by atoms with E-state index in [-0.39, 0.29) is 17.4 Å². The van der Waals surface area contributed by atoms with Crippen molar-refractivity contribution in [3.63, 3.8) is 0 Å². The molecule has 0 spiro atoms. The summed E-state index contributed by atoms with van der Waals surface area (Å²) in [5.74, 6) is 0.112. The van der Waals surface area contributed by atoms with Gasteiger partial charge in [-0.25, -0.2) is 4.98 Å². The molecule has 13 heavy (non-hydrogen) atoms. The molecule has 3 nitrogen and oxygen atoms in total. The number of alkyl halides is 1. The number of nitriles is 1. The van der Waals surface area contributed by atoms with Crippen LogP contribution in [0, 0.1) is 11.3 Å². The van der Waals surface area contributed by atoms with Gasteiger partial charge in [-0.1, -0.05) is 0 Å². The highest BCUT2D eigenvalue weighted by Gasteiger charge is 2.04. The van der Waals surface area contributed by atoms with Crippen molar-refractivity contribution >= 4 is 17.4 Å². The maximum atomic E-state index is 11.0. The fourth-order valence-corrected chi connectivity index (χ4v) is 1.05. The van der Waals surface area contributed by atoms with E-state index in [0.717, 1.165) is 0 Å². The van der Waals surface area contributed by atoms with E-state index >= 15 is 0 Å². The minimum absolute atomic E-state index is 0.0923. The zero-order valence-electron chi connectivity index (χ0n) is 7.04. The second-order valence-corrected chi connectivity index (χ2v) is 2.80. The van der Waals surface area contributed by atoms with Gasteiger partial charge in [0.25, 0.3) is 0 Å². The van der Waals surface area contributed by atoms with Gasteiger partial charge in [0.2, 0.25) is 0 Å². The Morgan fingerprint density at radius 1 is 1.69 bits per heavy atom. The van der Waals surface area contributed by atoms with Crippen LogP contribution in [0.5, 0.6) is 0 Å². The lowest BCUT2D eigenvalue weighted by Gasteiger charge is -1.99. The summed E-state index contributed by atoms with van der Waals surface area (Å²) in [7, 11) is 0. The van der Waals surface area contributed by atoms with Crippen LogP contribution in [-0.2, 0) is 5.88 Å². The Bertz CT molecular complexity index is 382. The first kappa shape index (κ1) is 9.69. The third-order valence-electron chi connectivity index (χ3n) is 1.54. The number of Topliss-reactive ketones (excluding diaryl/α,β-unsaturated/α-hetero) is 1. The number of nitrogens with zero attached hydrogens (tertiary/aromatic N) is 2. The average molecular weight is 195 g/mol. The van der Waals surface area contributed by atoms with Gasteiger partial charge >= 0.3 is 0 Å². The van der Waals surface area contributed by atoms with Gasteiger partial charge in [0.1, 0.15) is 11.8 Å². The summed E-state index contributed by atoms with van der Waals surface area (Å²) in [5.41, 5.74) is 1.25. The molecule has 0 fully saturated rings. The maximum absolute atomic E-state index is 11.0. The zero-order valence-corrected chi connectivity index (χ0v) is 7.80. The largest absolute Gasteiger partial charge is 0.295 e. The Balaban J connectivity index is 3.24. The molecule has 0 aliphatic carbocycles. The fraction of sp³-hybridized carbons (Fsp3) is 0.222. The number of pyridine rings is 1. The molecule has 0 bridgehead atoms. The van der Waals surface area contributed by atoms with E-state index in [1.54, 1.807) is 6.07 Å². The zero-order chi connectivity index (χ0) is 9.84. The Hall–Kier alpha value is -1.40. The smallest absolute Gasteiger partial charge is 0.159 e. The Morgan fingerprint density at radius 2 is 2.38 bits per heavy atom.